The first-order chi connectivity index (χ1) is 9.63. The van der Waals surface area contributed by atoms with Crippen LogP contribution in [0.5, 0.6) is 0 Å². The maximum Gasteiger partial charge on any atom is 0.338 e. The lowest BCUT2D eigenvalue weighted by Crippen LogP contribution is -2.35. The van der Waals surface area contributed by atoms with Gasteiger partial charge in [0.1, 0.15) is 0 Å². The maximum absolute atomic E-state index is 11.4. The molecule has 0 radical (unpaired) electrons. The van der Waals surface area contributed by atoms with Gasteiger partial charge in [-0.05, 0) is 24.5 Å². The third-order valence-electron chi connectivity index (χ3n) is 4.00. The van der Waals surface area contributed by atoms with Gasteiger partial charge in [0.2, 0.25) is 0 Å². The minimum Gasteiger partial charge on any atom is -0.478 e. The molecule has 0 aromatic heterocycles. The highest BCUT2D eigenvalue weighted by Crippen LogP contribution is 2.26. The standard InChI is InChI=1S/C15H22N2O3/c16-13-7-3-4-11(14(13)15(19)20)10-17(8-9-18)12-5-1-2-6-12/h3-4,7,12,18H,1-2,5-6,8-10,16H2,(H,19,20). The van der Waals surface area contributed by atoms with E-state index in [9.17, 15) is 15.0 Å². The van der Waals surface area contributed by atoms with Gasteiger partial charge in [0.15, 0.2) is 0 Å². The molecule has 20 heavy (non-hydrogen) atoms. The minimum absolute atomic E-state index is 0.0845. The number of carboxylic acids is 1. The molecule has 1 aliphatic rings. The van der Waals surface area contributed by atoms with Crippen LogP contribution in [0.3, 0.4) is 0 Å². The molecule has 1 aliphatic carbocycles. The molecule has 0 heterocycles. The second-order valence-corrected chi connectivity index (χ2v) is 5.32. The Balaban J connectivity index is 2.21. The molecule has 0 bridgehead atoms. The van der Waals surface area contributed by atoms with Crippen LogP contribution < -0.4 is 5.73 Å². The first-order valence-electron chi connectivity index (χ1n) is 7.09. The Kier molecular flexibility index (Phi) is 4.98. The molecule has 1 fully saturated rings. The highest BCUT2D eigenvalue weighted by atomic mass is 16.4. The van der Waals surface area contributed by atoms with E-state index in [1.165, 1.54) is 12.8 Å². The van der Waals surface area contributed by atoms with E-state index in [0.29, 0.717) is 24.8 Å². The molecule has 2 rings (SSSR count). The van der Waals surface area contributed by atoms with Gasteiger partial charge in [-0.1, -0.05) is 25.0 Å². The van der Waals surface area contributed by atoms with Gasteiger partial charge in [-0.15, -0.1) is 0 Å². The summed E-state index contributed by atoms with van der Waals surface area (Å²) >= 11 is 0. The molecular weight excluding hydrogens is 256 g/mol. The lowest BCUT2D eigenvalue weighted by atomic mass is 10.0. The van der Waals surface area contributed by atoms with Crippen LogP contribution >= 0.6 is 0 Å². The third kappa shape index (κ3) is 3.29. The van der Waals surface area contributed by atoms with Crippen molar-refractivity contribution in [2.45, 2.75) is 38.3 Å². The normalized spacial score (nSPS) is 15.9. The number of aliphatic hydroxyl groups excluding tert-OH is 1. The number of aliphatic hydroxyl groups is 1. The van der Waals surface area contributed by atoms with Crippen LogP contribution in [0, 0.1) is 0 Å². The van der Waals surface area contributed by atoms with E-state index in [-0.39, 0.29) is 12.2 Å². The van der Waals surface area contributed by atoms with Crippen molar-refractivity contribution in [3.05, 3.63) is 29.3 Å². The summed E-state index contributed by atoms with van der Waals surface area (Å²) < 4.78 is 0. The number of carboxylic acid groups (broad SMARTS) is 1. The number of carbonyl (C=O) groups is 1. The lowest BCUT2D eigenvalue weighted by molar-refractivity contribution is 0.0694. The van der Waals surface area contributed by atoms with E-state index in [1.54, 1.807) is 18.2 Å². The second-order valence-electron chi connectivity index (χ2n) is 5.32. The molecule has 0 saturated heterocycles. The highest BCUT2D eigenvalue weighted by Gasteiger charge is 2.24. The highest BCUT2D eigenvalue weighted by molar-refractivity contribution is 5.95. The van der Waals surface area contributed by atoms with Crippen LogP contribution in [0.4, 0.5) is 5.69 Å². The fraction of sp³-hybridized carbons (Fsp3) is 0.533. The number of nitrogens with two attached hydrogens (primary N) is 1. The molecule has 0 amide bonds. The zero-order chi connectivity index (χ0) is 14.5. The molecule has 5 heteroatoms. The van der Waals surface area contributed by atoms with Crippen molar-refractivity contribution < 1.29 is 15.0 Å². The maximum atomic E-state index is 11.4. The Bertz CT molecular complexity index is 470. The lowest BCUT2D eigenvalue weighted by Gasteiger charge is -2.28. The van der Waals surface area contributed by atoms with E-state index in [0.717, 1.165) is 18.4 Å². The summed E-state index contributed by atoms with van der Waals surface area (Å²) in [7, 11) is 0. The monoisotopic (exact) mass is 278 g/mol. The predicted octanol–water partition coefficient (Wildman–Crippen LogP) is 1.70. The largest absolute Gasteiger partial charge is 0.478 e. The molecule has 0 aliphatic heterocycles. The van der Waals surface area contributed by atoms with Gasteiger partial charge in [-0.3, -0.25) is 4.90 Å². The van der Waals surface area contributed by atoms with Crippen molar-refractivity contribution in [2.24, 2.45) is 0 Å². The SMILES string of the molecule is Nc1cccc(CN(CCO)C2CCCC2)c1C(=O)O. The molecule has 1 saturated carbocycles. The zero-order valence-corrected chi connectivity index (χ0v) is 11.6. The van der Waals surface area contributed by atoms with E-state index in [4.69, 9.17) is 5.73 Å². The summed E-state index contributed by atoms with van der Waals surface area (Å²) in [4.78, 5) is 13.5. The Morgan fingerprint density at radius 1 is 1.35 bits per heavy atom. The minimum atomic E-state index is -0.992. The van der Waals surface area contributed by atoms with Crippen molar-refractivity contribution in [1.29, 1.82) is 0 Å². The van der Waals surface area contributed by atoms with E-state index in [2.05, 4.69) is 4.90 Å². The van der Waals surface area contributed by atoms with E-state index >= 15 is 0 Å². The Labute approximate surface area is 119 Å². The molecule has 0 unspecified atom stereocenters. The van der Waals surface area contributed by atoms with Gasteiger partial charge in [-0.25, -0.2) is 4.79 Å². The van der Waals surface area contributed by atoms with E-state index < -0.39 is 5.97 Å². The Morgan fingerprint density at radius 2 is 2.05 bits per heavy atom. The Hall–Kier alpha value is -1.59. The number of anilines is 1. The van der Waals surface area contributed by atoms with Gasteiger partial charge in [0, 0.05) is 24.8 Å². The van der Waals surface area contributed by atoms with Crippen LogP contribution in [0.25, 0.3) is 0 Å². The molecular formula is C15H22N2O3. The first kappa shape index (κ1) is 14.8. The molecule has 5 nitrogen and oxygen atoms in total. The number of hydrogen-bond donors (Lipinski definition) is 3. The molecule has 0 atom stereocenters. The summed E-state index contributed by atoms with van der Waals surface area (Å²) in [5, 5.41) is 18.5. The molecule has 1 aromatic rings. The fourth-order valence-corrected chi connectivity index (χ4v) is 3.02. The van der Waals surface area contributed by atoms with Crippen LogP contribution in [-0.4, -0.2) is 40.3 Å². The van der Waals surface area contributed by atoms with Crippen LogP contribution in [0.1, 0.15) is 41.6 Å². The average Bonchev–Trinajstić information content (AvgIpc) is 2.91. The zero-order valence-electron chi connectivity index (χ0n) is 11.6. The molecule has 110 valence electrons. The number of nitrogen functional groups attached to an aromatic ring is 1. The average molecular weight is 278 g/mol. The molecule has 4 N–H and O–H groups in total. The Morgan fingerprint density at radius 3 is 2.65 bits per heavy atom. The van der Waals surface area contributed by atoms with Crippen LogP contribution in [0.15, 0.2) is 18.2 Å². The van der Waals surface area contributed by atoms with Crippen LogP contribution in [0.2, 0.25) is 0 Å². The van der Waals surface area contributed by atoms with Gasteiger partial charge in [0.05, 0.1) is 12.2 Å². The number of rotatable bonds is 6. The van der Waals surface area contributed by atoms with Gasteiger partial charge in [0.25, 0.3) is 0 Å². The smallest absolute Gasteiger partial charge is 0.338 e. The second kappa shape index (κ2) is 6.72. The number of nitrogens with zero attached hydrogens (tertiary/aromatic N) is 1. The summed E-state index contributed by atoms with van der Waals surface area (Å²) in [6.07, 6.45) is 4.64. The number of benzene rings is 1. The van der Waals surface area contributed by atoms with Crippen molar-refractivity contribution in [1.82, 2.24) is 4.90 Å². The summed E-state index contributed by atoms with van der Waals surface area (Å²) in [5.74, 6) is -0.992. The van der Waals surface area contributed by atoms with E-state index in [1.807, 2.05) is 0 Å². The van der Waals surface area contributed by atoms with Gasteiger partial charge < -0.3 is 15.9 Å². The van der Waals surface area contributed by atoms with Crippen LogP contribution in [-0.2, 0) is 6.54 Å². The quantitative estimate of drug-likeness (QED) is 0.689. The number of hydrogen-bond acceptors (Lipinski definition) is 4. The molecule has 0 spiro atoms. The van der Waals surface area contributed by atoms with Crippen molar-refractivity contribution in [2.75, 3.05) is 18.9 Å². The fourth-order valence-electron chi connectivity index (χ4n) is 3.02. The van der Waals surface area contributed by atoms with Crippen molar-refractivity contribution >= 4 is 11.7 Å². The predicted molar refractivity (Wildman–Crippen MR) is 77.6 cm³/mol. The summed E-state index contributed by atoms with van der Waals surface area (Å²) in [5.41, 5.74) is 6.98. The molecule has 1 aromatic carbocycles. The number of aromatic carboxylic acids is 1. The topological polar surface area (TPSA) is 86.8 Å². The van der Waals surface area contributed by atoms with Gasteiger partial charge >= 0.3 is 5.97 Å². The van der Waals surface area contributed by atoms with Crippen molar-refractivity contribution in [3.8, 4) is 0 Å². The first-order valence-corrected chi connectivity index (χ1v) is 7.09. The van der Waals surface area contributed by atoms with Crippen molar-refractivity contribution in [3.63, 3.8) is 0 Å². The summed E-state index contributed by atoms with van der Waals surface area (Å²) in [6, 6.07) is 5.63. The summed E-state index contributed by atoms with van der Waals surface area (Å²) in [6.45, 7) is 1.18. The van der Waals surface area contributed by atoms with Gasteiger partial charge in [-0.2, -0.15) is 0 Å². The third-order valence-corrected chi connectivity index (χ3v) is 4.00.